The van der Waals surface area contributed by atoms with Crippen LogP contribution in [0.4, 0.5) is 10.1 Å². The Morgan fingerprint density at radius 2 is 2.25 bits per heavy atom. The zero-order chi connectivity index (χ0) is 8.55. The molecule has 0 saturated carbocycles. The van der Waals surface area contributed by atoms with E-state index in [1.807, 2.05) is 24.3 Å². The summed E-state index contributed by atoms with van der Waals surface area (Å²) in [4.78, 5) is 0.739. The SMILES string of the molecule is Nc1cccc2sc(CF)cc12. The minimum Gasteiger partial charge on any atom is -0.398 e. The maximum absolute atomic E-state index is 12.3. The van der Waals surface area contributed by atoms with Gasteiger partial charge in [0.1, 0.15) is 6.67 Å². The minimum atomic E-state index is -0.404. The lowest BCUT2D eigenvalue weighted by molar-refractivity contribution is 0.491. The molecule has 3 heteroatoms. The van der Waals surface area contributed by atoms with Gasteiger partial charge < -0.3 is 5.73 Å². The Labute approximate surface area is 73.6 Å². The first kappa shape index (κ1) is 7.55. The van der Waals surface area contributed by atoms with E-state index in [0.717, 1.165) is 20.7 Å². The van der Waals surface area contributed by atoms with Gasteiger partial charge in [-0.3, -0.25) is 0 Å². The van der Waals surface area contributed by atoms with Gasteiger partial charge in [-0.2, -0.15) is 0 Å². The molecule has 2 N–H and O–H groups in total. The Hall–Kier alpha value is -1.09. The summed E-state index contributed by atoms with van der Waals surface area (Å²) in [5.74, 6) is 0. The molecular weight excluding hydrogens is 173 g/mol. The summed E-state index contributed by atoms with van der Waals surface area (Å²) in [6.07, 6.45) is 0. The first-order chi connectivity index (χ1) is 5.81. The predicted molar refractivity (Wildman–Crippen MR) is 51.0 cm³/mol. The maximum Gasteiger partial charge on any atom is 0.124 e. The highest BCUT2D eigenvalue weighted by molar-refractivity contribution is 7.19. The number of thiophene rings is 1. The molecule has 0 aliphatic heterocycles. The Morgan fingerprint density at radius 3 is 2.92 bits per heavy atom. The summed E-state index contributed by atoms with van der Waals surface area (Å²) in [6, 6.07) is 7.48. The van der Waals surface area contributed by atoms with E-state index in [0.29, 0.717) is 0 Å². The summed E-state index contributed by atoms with van der Waals surface area (Å²) in [6.45, 7) is -0.404. The van der Waals surface area contributed by atoms with Crippen LogP contribution in [-0.4, -0.2) is 0 Å². The molecule has 0 aliphatic rings. The summed E-state index contributed by atoms with van der Waals surface area (Å²) in [5.41, 5.74) is 6.43. The molecular formula is C9H8FNS. The van der Waals surface area contributed by atoms with E-state index >= 15 is 0 Å². The second kappa shape index (κ2) is 2.75. The molecule has 0 saturated heterocycles. The quantitative estimate of drug-likeness (QED) is 0.672. The molecule has 0 bridgehead atoms. The van der Waals surface area contributed by atoms with Crippen molar-refractivity contribution in [3.63, 3.8) is 0 Å². The standard InChI is InChI=1S/C9H8FNS/c10-5-6-4-7-8(11)2-1-3-9(7)12-6/h1-4H,5,11H2. The second-order valence-corrected chi connectivity index (χ2v) is 3.77. The van der Waals surface area contributed by atoms with Crippen LogP contribution >= 0.6 is 11.3 Å². The Kier molecular flexibility index (Phi) is 1.73. The zero-order valence-electron chi connectivity index (χ0n) is 6.38. The Balaban J connectivity index is 2.74. The summed E-state index contributed by atoms with van der Waals surface area (Å²) >= 11 is 1.46. The summed E-state index contributed by atoms with van der Waals surface area (Å²) < 4.78 is 13.3. The fourth-order valence-electron chi connectivity index (χ4n) is 1.20. The number of halogens is 1. The van der Waals surface area contributed by atoms with Crippen molar-refractivity contribution in [2.75, 3.05) is 5.73 Å². The van der Waals surface area contributed by atoms with Crippen LogP contribution in [0, 0.1) is 0 Å². The van der Waals surface area contributed by atoms with E-state index in [1.54, 1.807) is 0 Å². The normalized spacial score (nSPS) is 10.8. The van der Waals surface area contributed by atoms with Gasteiger partial charge in [-0.15, -0.1) is 11.3 Å². The lowest BCUT2D eigenvalue weighted by Crippen LogP contribution is -1.82. The third-order valence-electron chi connectivity index (χ3n) is 1.78. The van der Waals surface area contributed by atoms with Gasteiger partial charge in [0, 0.05) is 20.7 Å². The van der Waals surface area contributed by atoms with Crippen LogP contribution in [0.3, 0.4) is 0 Å². The van der Waals surface area contributed by atoms with Crippen molar-refractivity contribution in [2.24, 2.45) is 0 Å². The highest BCUT2D eigenvalue weighted by atomic mass is 32.1. The molecule has 1 heterocycles. The maximum atomic E-state index is 12.3. The molecule has 1 nitrogen and oxygen atoms in total. The summed E-state index contributed by atoms with van der Waals surface area (Å²) in [7, 11) is 0. The highest BCUT2D eigenvalue weighted by Gasteiger charge is 2.02. The van der Waals surface area contributed by atoms with Crippen LogP contribution in [0.2, 0.25) is 0 Å². The molecule has 1 aromatic carbocycles. The average Bonchev–Trinajstić information content (AvgIpc) is 2.49. The van der Waals surface area contributed by atoms with E-state index < -0.39 is 6.67 Å². The number of hydrogen-bond donors (Lipinski definition) is 1. The van der Waals surface area contributed by atoms with Crippen molar-refractivity contribution in [3.8, 4) is 0 Å². The van der Waals surface area contributed by atoms with E-state index in [-0.39, 0.29) is 0 Å². The number of rotatable bonds is 1. The predicted octanol–water partition coefficient (Wildman–Crippen LogP) is 2.95. The highest BCUT2D eigenvalue weighted by Crippen LogP contribution is 2.29. The third kappa shape index (κ3) is 1.06. The van der Waals surface area contributed by atoms with E-state index in [2.05, 4.69) is 0 Å². The minimum absolute atomic E-state index is 0.404. The van der Waals surface area contributed by atoms with Crippen LogP contribution in [-0.2, 0) is 6.67 Å². The molecule has 0 spiro atoms. The largest absolute Gasteiger partial charge is 0.398 e. The first-order valence-electron chi connectivity index (χ1n) is 3.64. The number of benzene rings is 1. The van der Waals surface area contributed by atoms with E-state index in [4.69, 9.17) is 5.73 Å². The Bertz CT molecular complexity index is 408. The average molecular weight is 181 g/mol. The zero-order valence-corrected chi connectivity index (χ0v) is 7.20. The molecule has 0 fully saturated rings. The van der Waals surface area contributed by atoms with Crippen LogP contribution < -0.4 is 5.73 Å². The van der Waals surface area contributed by atoms with Gasteiger partial charge in [-0.25, -0.2) is 4.39 Å². The van der Waals surface area contributed by atoms with Crippen LogP contribution in [0.25, 0.3) is 10.1 Å². The third-order valence-corrected chi connectivity index (χ3v) is 2.84. The van der Waals surface area contributed by atoms with Gasteiger partial charge in [0.25, 0.3) is 0 Å². The second-order valence-electron chi connectivity index (χ2n) is 2.61. The van der Waals surface area contributed by atoms with Gasteiger partial charge in [0.2, 0.25) is 0 Å². The van der Waals surface area contributed by atoms with Gasteiger partial charge >= 0.3 is 0 Å². The molecule has 0 atom stereocenters. The van der Waals surface area contributed by atoms with Crippen LogP contribution in [0.15, 0.2) is 24.3 Å². The van der Waals surface area contributed by atoms with Gasteiger partial charge in [0.05, 0.1) is 0 Å². The van der Waals surface area contributed by atoms with Crippen LogP contribution in [0.1, 0.15) is 4.88 Å². The lowest BCUT2D eigenvalue weighted by atomic mass is 10.2. The first-order valence-corrected chi connectivity index (χ1v) is 4.46. The number of alkyl halides is 1. The van der Waals surface area contributed by atoms with E-state index in [1.165, 1.54) is 11.3 Å². The van der Waals surface area contributed by atoms with E-state index in [9.17, 15) is 4.39 Å². The van der Waals surface area contributed by atoms with Gasteiger partial charge in [-0.1, -0.05) is 6.07 Å². The smallest absolute Gasteiger partial charge is 0.124 e. The van der Waals surface area contributed by atoms with Crippen molar-refractivity contribution in [2.45, 2.75) is 6.67 Å². The number of nitrogen functional groups attached to an aromatic ring is 1. The number of fused-ring (bicyclic) bond motifs is 1. The van der Waals surface area contributed by atoms with Crippen molar-refractivity contribution < 1.29 is 4.39 Å². The lowest BCUT2D eigenvalue weighted by Gasteiger charge is -1.92. The monoisotopic (exact) mass is 181 g/mol. The molecule has 12 heavy (non-hydrogen) atoms. The van der Waals surface area contributed by atoms with Crippen LogP contribution in [0.5, 0.6) is 0 Å². The molecule has 2 aromatic rings. The number of hydrogen-bond acceptors (Lipinski definition) is 2. The molecule has 0 aliphatic carbocycles. The molecule has 0 unspecified atom stereocenters. The van der Waals surface area contributed by atoms with Gasteiger partial charge in [-0.05, 0) is 18.2 Å². The van der Waals surface area contributed by atoms with Crippen molar-refractivity contribution in [1.29, 1.82) is 0 Å². The number of nitrogens with two attached hydrogens (primary N) is 1. The molecule has 2 rings (SSSR count). The molecule has 1 aromatic heterocycles. The Morgan fingerprint density at radius 1 is 1.42 bits per heavy atom. The van der Waals surface area contributed by atoms with Crippen molar-refractivity contribution >= 4 is 27.1 Å². The number of anilines is 1. The molecule has 0 amide bonds. The summed E-state index contributed by atoms with van der Waals surface area (Å²) in [5, 5.41) is 0.968. The van der Waals surface area contributed by atoms with Gasteiger partial charge in [0.15, 0.2) is 0 Å². The fourth-order valence-corrected chi connectivity index (χ4v) is 2.15. The topological polar surface area (TPSA) is 26.0 Å². The van der Waals surface area contributed by atoms with Crippen molar-refractivity contribution in [3.05, 3.63) is 29.1 Å². The van der Waals surface area contributed by atoms with Crippen molar-refractivity contribution in [1.82, 2.24) is 0 Å². The fraction of sp³-hybridized carbons (Fsp3) is 0.111. The molecule has 62 valence electrons. The molecule has 0 radical (unpaired) electrons.